The zero-order valence-electron chi connectivity index (χ0n) is 11.4. The van der Waals surface area contributed by atoms with Gasteiger partial charge in [0.25, 0.3) is 5.91 Å². The van der Waals surface area contributed by atoms with Crippen molar-refractivity contribution >= 4 is 27.8 Å². The third-order valence-electron chi connectivity index (χ3n) is 2.50. The average molecular weight is 346 g/mol. The quantitative estimate of drug-likeness (QED) is 0.824. The summed E-state index contributed by atoms with van der Waals surface area (Å²) < 4.78 is 11.1. The highest BCUT2D eigenvalue weighted by Gasteiger charge is 2.19. The third kappa shape index (κ3) is 3.86. The second-order valence-electron chi connectivity index (χ2n) is 3.96. The minimum Gasteiger partial charge on any atom is -0.493 e. The van der Waals surface area contributed by atoms with Gasteiger partial charge in [0.1, 0.15) is 6.04 Å². The van der Waals surface area contributed by atoms with Crippen LogP contribution in [0.15, 0.2) is 16.6 Å². The maximum absolute atomic E-state index is 12.0. The Kier molecular flexibility index (Phi) is 5.82. The number of hydrogen-bond acceptors (Lipinski definition) is 4. The first-order chi connectivity index (χ1) is 9.40. The molecule has 110 valence electrons. The highest BCUT2D eigenvalue weighted by atomic mass is 79.9. The SMILES string of the molecule is CCOc1c(Br)cc(C(=O)N[C@@H](C)C(=O)O)cc1OC. The average Bonchev–Trinajstić information content (AvgIpc) is 2.40. The van der Waals surface area contributed by atoms with Crippen LogP contribution in [-0.4, -0.2) is 36.7 Å². The second kappa shape index (κ2) is 7.14. The molecule has 0 spiro atoms. The van der Waals surface area contributed by atoms with Gasteiger partial charge in [-0.3, -0.25) is 9.59 Å². The highest BCUT2D eigenvalue weighted by molar-refractivity contribution is 9.10. The van der Waals surface area contributed by atoms with Gasteiger partial charge >= 0.3 is 5.97 Å². The van der Waals surface area contributed by atoms with Gasteiger partial charge in [-0.15, -0.1) is 0 Å². The molecule has 0 heterocycles. The number of rotatable bonds is 6. The van der Waals surface area contributed by atoms with Crippen molar-refractivity contribution in [1.29, 1.82) is 0 Å². The Morgan fingerprint density at radius 3 is 2.60 bits per heavy atom. The predicted octanol–water partition coefficient (Wildman–Crippen LogP) is 2.06. The van der Waals surface area contributed by atoms with E-state index in [0.29, 0.717) is 22.6 Å². The van der Waals surface area contributed by atoms with Gasteiger partial charge in [-0.05, 0) is 41.9 Å². The van der Waals surface area contributed by atoms with Crippen LogP contribution in [0, 0.1) is 0 Å². The first-order valence-corrected chi connectivity index (χ1v) is 6.74. The molecule has 1 rings (SSSR count). The lowest BCUT2D eigenvalue weighted by Gasteiger charge is -2.14. The molecule has 0 aliphatic rings. The molecular formula is C13H16BrNO5. The maximum Gasteiger partial charge on any atom is 0.325 e. The van der Waals surface area contributed by atoms with Crippen LogP contribution in [0.4, 0.5) is 0 Å². The molecule has 2 N–H and O–H groups in total. The maximum atomic E-state index is 12.0. The fraction of sp³-hybridized carbons (Fsp3) is 0.385. The Morgan fingerprint density at radius 2 is 2.10 bits per heavy atom. The van der Waals surface area contributed by atoms with E-state index in [1.165, 1.54) is 20.1 Å². The van der Waals surface area contributed by atoms with Crippen LogP contribution < -0.4 is 14.8 Å². The second-order valence-corrected chi connectivity index (χ2v) is 4.81. The summed E-state index contributed by atoms with van der Waals surface area (Å²) in [6.45, 7) is 3.68. The molecule has 6 nitrogen and oxygen atoms in total. The van der Waals surface area contributed by atoms with Gasteiger partial charge in [0.15, 0.2) is 11.5 Å². The van der Waals surface area contributed by atoms with Crippen LogP contribution in [0.25, 0.3) is 0 Å². The molecule has 1 aromatic carbocycles. The van der Waals surface area contributed by atoms with Crippen molar-refractivity contribution in [1.82, 2.24) is 5.32 Å². The van der Waals surface area contributed by atoms with Gasteiger partial charge < -0.3 is 19.9 Å². The molecule has 0 fully saturated rings. The van der Waals surface area contributed by atoms with Gasteiger partial charge in [0, 0.05) is 5.56 Å². The number of halogens is 1. The fourth-order valence-corrected chi connectivity index (χ4v) is 2.03. The number of benzene rings is 1. The number of carboxylic acids is 1. The van der Waals surface area contributed by atoms with Crippen molar-refractivity contribution in [3.63, 3.8) is 0 Å². The van der Waals surface area contributed by atoms with E-state index >= 15 is 0 Å². The number of aliphatic carboxylic acids is 1. The summed E-state index contributed by atoms with van der Waals surface area (Å²) in [5, 5.41) is 11.1. The van der Waals surface area contributed by atoms with Crippen molar-refractivity contribution in [3.05, 3.63) is 22.2 Å². The largest absolute Gasteiger partial charge is 0.493 e. The number of carbonyl (C=O) groups excluding carboxylic acids is 1. The molecule has 0 bridgehead atoms. The molecule has 1 aromatic rings. The van der Waals surface area contributed by atoms with Gasteiger partial charge in [0.05, 0.1) is 18.2 Å². The minimum atomic E-state index is -1.10. The van der Waals surface area contributed by atoms with E-state index in [-0.39, 0.29) is 5.56 Å². The molecule has 0 aromatic heterocycles. The monoisotopic (exact) mass is 345 g/mol. The lowest BCUT2D eigenvalue weighted by Crippen LogP contribution is -2.38. The molecule has 20 heavy (non-hydrogen) atoms. The first-order valence-electron chi connectivity index (χ1n) is 5.94. The van der Waals surface area contributed by atoms with Crippen LogP contribution in [0.2, 0.25) is 0 Å². The molecule has 0 radical (unpaired) electrons. The topological polar surface area (TPSA) is 84.9 Å². The summed E-state index contributed by atoms with van der Waals surface area (Å²) in [4.78, 5) is 22.7. The standard InChI is InChI=1S/C13H16BrNO5/c1-4-20-11-9(14)5-8(6-10(11)19-3)12(16)15-7(2)13(17)18/h5-7H,4H2,1-3H3,(H,15,16)(H,17,18)/t7-/m0/s1. The zero-order chi connectivity index (χ0) is 15.3. The van der Waals surface area contributed by atoms with Gasteiger partial charge in [-0.1, -0.05) is 0 Å². The Bertz CT molecular complexity index is 518. The number of hydrogen-bond donors (Lipinski definition) is 2. The summed E-state index contributed by atoms with van der Waals surface area (Å²) >= 11 is 3.30. The van der Waals surface area contributed by atoms with E-state index < -0.39 is 17.9 Å². The summed E-state index contributed by atoms with van der Waals surface area (Å²) in [5.74, 6) is -0.704. The van der Waals surface area contributed by atoms with Crippen molar-refractivity contribution in [2.75, 3.05) is 13.7 Å². The van der Waals surface area contributed by atoms with Crippen LogP contribution in [0.1, 0.15) is 24.2 Å². The normalized spacial score (nSPS) is 11.6. The zero-order valence-corrected chi connectivity index (χ0v) is 13.0. The van der Waals surface area contributed by atoms with E-state index in [1.54, 1.807) is 6.07 Å². The van der Waals surface area contributed by atoms with Gasteiger partial charge in [-0.25, -0.2) is 0 Å². The lowest BCUT2D eigenvalue weighted by atomic mass is 10.1. The molecule has 1 amide bonds. The van der Waals surface area contributed by atoms with Crippen molar-refractivity contribution in [2.24, 2.45) is 0 Å². The minimum absolute atomic E-state index is 0.283. The van der Waals surface area contributed by atoms with E-state index in [9.17, 15) is 9.59 Å². The first kappa shape index (κ1) is 16.3. The summed E-state index contributed by atoms with van der Waals surface area (Å²) in [6, 6.07) is 2.08. The Balaban J connectivity index is 3.05. The van der Waals surface area contributed by atoms with E-state index in [1.807, 2.05) is 6.92 Å². The molecule has 0 saturated carbocycles. The van der Waals surface area contributed by atoms with Crippen LogP contribution >= 0.6 is 15.9 Å². The highest BCUT2D eigenvalue weighted by Crippen LogP contribution is 2.36. The van der Waals surface area contributed by atoms with Crippen LogP contribution in [-0.2, 0) is 4.79 Å². The molecule has 0 unspecified atom stereocenters. The number of amides is 1. The predicted molar refractivity (Wildman–Crippen MR) is 76.4 cm³/mol. The Morgan fingerprint density at radius 1 is 1.45 bits per heavy atom. The number of nitrogens with one attached hydrogen (secondary N) is 1. The molecule has 7 heteroatoms. The van der Waals surface area contributed by atoms with Crippen molar-refractivity contribution in [3.8, 4) is 11.5 Å². The van der Waals surface area contributed by atoms with E-state index in [2.05, 4.69) is 21.2 Å². The van der Waals surface area contributed by atoms with E-state index in [4.69, 9.17) is 14.6 Å². The van der Waals surface area contributed by atoms with Gasteiger partial charge in [-0.2, -0.15) is 0 Å². The Labute approximate surface area is 125 Å². The van der Waals surface area contributed by atoms with Crippen molar-refractivity contribution < 1.29 is 24.2 Å². The smallest absolute Gasteiger partial charge is 0.325 e. The molecule has 0 aliphatic carbocycles. The van der Waals surface area contributed by atoms with Gasteiger partial charge in [0.2, 0.25) is 0 Å². The molecule has 0 aliphatic heterocycles. The molecular weight excluding hydrogens is 330 g/mol. The lowest BCUT2D eigenvalue weighted by molar-refractivity contribution is -0.138. The third-order valence-corrected chi connectivity index (χ3v) is 3.09. The number of methoxy groups -OCH3 is 1. The summed E-state index contributed by atoms with van der Waals surface area (Å²) in [7, 11) is 1.46. The number of carbonyl (C=O) groups is 2. The van der Waals surface area contributed by atoms with Crippen LogP contribution in [0.5, 0.6) is 11.5 Å². The molecule has 1 atom stereocenters. The Hall–Kier alpha value is -1.76. The molecule has 0 saturated heterocycles. The summed E-state index contributed by atoms with van der Waals surface area (Å²) in [5.41, 5.74) is 0.283. The fourth-order valence-electron chi connectivity index (χ4n) is 1.48. The van der Waals surface area contributed by atoms with Crippen LogP contribution in [0.3, 0.4) is 0 Å². The number of ether oxygens (including phenoxy) is 2. The van der Waals surface area contributed by atoms with E-state index in [0.717, 1.165) is 0 Å². The summed E-state index contributed by atoms with van der Waals surface area (Å²) in [6.07, 6.45) is 0. The van der Waals surface area contributed by atoms with Crippen molar-refractivity contribution in [2.45, 2.75) is 19.9 Å². The number of carboxylic acid groups (broad SMARTS) is 1.